The molecule has 0 N–H and O–H groups in total. The Balaban J connectivity index is 1.62. The van der Waals surface area contributed by atoms with Crippen LogP contribution in [0.1, 0.15) is 10.6 Å². The third-order valence-electron chi connectivity index (χ3n) is 3.36. The number of para-hydroxylation sites is 1. The number of thioether (sulfide) groups is 1. The first-order chi connectivity index (χ1) is 11.5. The first-order valence-corrected chi connectivity index (χ1v) is 8.70. The van der Waals surface area contributed by atoms with Crippen LogP contribution in [0.25, 0.3) is 15.9 Å². The number of thiazole rings is 1. The largest absolute Gasteiger partial charge is 0.417 e. The molecule has 0 saturated heterocycles. The Morgan fingerprint density at radius 3 is 2.71 bits per heavy atom. The van der Waals surface area contributed by atoms with Crippen LogP contribution in [0, 0.1) is 0 Å². The van der Waals surface area contributed by atoms with Crippen LogP contribution in [-0.2, 0) is 11.9 Å². The van der Waals surface area contributed by atoms with E-state index in [9.17, 15) is 13.2 Å². The zero-order valence-electron chi connectivity index (χ0n) is 12.0. The Kier molecular flexibility index (Phi) is 3.69. The highest BCUT2D eigenvalue weighted by Crippen LogP contribution is 2.31. The van der Waals surface area contributed by atoms with Crippen molar-refractivity contribution in [2.24, 2.45) is 0 Å². The fourth-order valence-corrected chi connectivity index (χ4v) is 4.12. The van der Waals surface area contributed by atoms with Gasteiger partial charge in [0.2, 0.25) is 0 Å². The number of hydrogen-bond acceptors (Lipinski definition) is 5. The van der Waals surface area contributed by atoms with Gasteiger partial charge < -0.3 is 0 Å². The molecule has 0 unspecified atom stereocenters. The summed E-state index contributed by atoms with van der Waals surface area (Å²) in [7, 11) is 0. The second-order valence-electron chi connectivity index (χ2n) is 4.99. The van der Waals surface area contributed by atoms with Crippen LogP contribution < -0.4 is 0 Å². The Hall–Kier alpha value is -2.13. The Morgan fingerprint density at radius 2 is 1.92 bits per heavy atom. The molecule has 122 valence electrons. The summed E-state index contributed by atoms with van der Waals surface area (Å²) in [6.45, 7) is 0. The number of rotatable bonds is 3. The lowest BCUT2D eigenvalue weighted by atomic mass is 10.3. The van der Waals surface area contributed by atoms with E-state index in [-0.39, 0.29) is 0 Å². The number of hydrogen-bond donors (Lipinski definition) is 0. The molecule has 0 bridgehead atoms. The first kappa shape index (κ1) is 15.4. The monoisotopic (exact) mass is 366 g/mol. The van der Waals surface area contributed by atoms with Gasteiger partial charge in [-0.05, 0) is 24.3 Å². The number of fused-ring (bicyclic) bond motifs is 2. The van der Waals surface area contributed by atoms with Crippen LogP contribution in [0.5, 0.6) is 0 Å². The maximum Gasteiger partial charge on any atom is 0.417 e. The highest BCUT2D eigenvalue weighted by Gasteiger charge is 2.31. The van der Waals surface area contributed by atoms with Crippen molar-refractivity contribution in [2.45, 2.75) is 17.1 Å². The molecule has 1 aromatic carbocycles. The van der Waals surface area contributed by atoms with Gasteiger partial charge in [-0.3, -0.25) is 4.40 Å². The number of benzene rings is 1. The van der Waals surface area contributed by atoms with E-state index in [2.05, 4.69) is 15.2 Å². The van der Waals surface area contributed by atoms with Crippen molar-refractivity contribution in [3.05, 3.63) is 53.2 Å². The number of halogens is 3. The van der Waals surface area contributed by atoms with Gasteiger partial charge in [-0.25, -0.2) is 4.98 Å². The van der Waals surface area contributed by atoms with Crippen LogP contribution >= 0.6 is 23.1 Å². The van der Waals surface area contributed by atoms with E-state index >= 15 is 0 Å². The average Bonchev–Trinajstić information content (AvgIpc) is 3.15. The summed E-state index contributed by atoms with van der Waals surface area (Å²) >= 11 is 2.88. The summed E-state index contributed by atoms with van der Waals surface area (Å²) in [4.78, 5) is 4.51. The smallest absolute Gasteiger partial charge is 0.277 e. The van der Waals surface area contributed by atoms with Crippen LogP contribution in [0.4, 0.5) is 13.2 Å². The number of nitrogens with zero attached hydrogens (tertiary/aromatic N) is 4. The molecule has 4 aromatic rings. The molecule has 0 aliphatic rings. The van der Waals surface area contributed by atoms with E-state index in [1.54, 1.807) is 11.3 Å². The highest BCUT2D eigenvalue weighted by atomic mass is 32.2. The molecule has 0 fully saturated rings. The molecular formula is C15H9F3N4S2. The molecule has 0 amide bonds. The van der Waals surface area contributed by atoms with Crippen molar-refractivity contribution in [3.8, 4) is 0 Å². The predicted octanol–water partition coefficient (Wildman–Crippen LogP) is 4.65. The molecule has 3 aromatic heterocycles. The molecule has 0 aliphatic carbocycles. The molecule has 4 nitrogen and oxygen atoms in total. The normalized spacial score (nSPS) is 12.3. The highest BCUT2D eigenvalue weighted by molar-refractivity contribution is 7.98. The second-order valence-corrected chi connectivity index (χ2v) is 7.05. The standard InChI is InChI=1S/C15H9F3N4S2/c16-15(17,18)9-5-6-12-20-21-14(22(12)7-9)23-8-13-19-10-3-1-2-4-11(10)24-13/h1-7H,8H2. The van der Waals surface area contributed by atoms with Gasteiger partial charge in [0, 0.05) is 6.20 Å². The molecule has 0 spiro atoms. The van der Waals surface area contributed by atoms with Crippen molar-refractivity contribution in [1.82, 2.24) is 19.6 Å². The van der Waals surface area contributed by atoms with Crippen LogP contribution in [0.15, 0.2) is 47.8 Å². The van der Waals surface area contributed by atoms with Crippen molar-refractivity contribution in [3.63, 3.8) is 0 Å². The zero-order valence-corrected chi connectivity index (χ0v) is 13.6. The van der Waals surface area contributed by atoms with Crippen LogP contribution in [0.2, 0.25) is 0 Å². The molecule has 0 saturated carbocycles. The fraction of sp³-hybridized carbons (Fsp3) is 0.133. The minimum atomic E-state index is -4.40. The lowest BCUT2D eigenvalue weighted by Crippen LogP contribution is -2.06. The lowest BCUT2D eigenvalue weighted by molar-refractivity contribution is -0.137. The van der Waals surface area contributed by atoms with E-state index in [1.807, 2.05) is 24.3 Å². The Bertz CT molecular complexity index is 989. The summed E-state index contributed by atoms with van der Waals surface area (Å²) in [5.41, 5.74) is 0.579. The molecule has 4 rings (SSSR count). The van der Waals surface area contributed by atoms with Crippen LogP contribution in [0.3, 0.4) is 0 Å². The molecule has 3 heterocycles. The SMILES string of the molecule is FC(F)(F)c1ccc2nnc(SCc3nc4ccccc4s3)n2c1. The summed E-state index contributed by atoms with van der Waals surface area (Å²) in [5, 5.41) is 9.18. The van der Waals surface area contributed by atoms with Gasteiger partial charge >= 0.3 is 6.18 Å². The minimum Gasteiger partial charge on any atom is -0.277 e. The maximum absolute atomic E-state index is 12.9. The van der Waals surface area contributed by atoms with Crippen molar-refractivity contribution >= 4 is 39.0 Å². The lowest BCUT2D eigenvalue weighted by Gasteiger charge is -2.07. The van der Waals surface area contributed by atoms with Crippen molar-refractivity contribution < 1.29 is 13.2 Å². The summed E-state index contributed by atoms with van der Waals surface area (Å²) < 4.78 is 41.0. The van der Waals surface area contributed by atoms with E-state index in [1.165, 1.54) is 22.2 Å². The fourth-order valence-electron chi connectivity index (χ4n) is 2.24. The van der Waals surface area contributed by atoms with Gasteiger partial charge in [0.25, 0.3) is 0 Å². The summed E-state index contributed by atoms with van der Waals surface area (Å²) in [5.74, 6) is 0.524. The van der Waals surface area contributed by atoms with Gasteiger partial charge in [-0.2, -0.15) is 13.2 Å². The molecule has 24 heavy (non-hydrogen) atoms. The number of aromatic nitrogens is 4. The van der Waals surface area contributed by atoms with E-state index < -0.39 is 11.7 Å². The van der Waals surface area contributed by atoms with E-state index in [4.69, 9.17) is 0 Å². The number of alkyl halides is 3. The summed E-state index contributed by atoms with van der Waals surface area (Å²) in [6, 6.07) is 10.1. The van der Waals surface area contributed by atoms with Crippen molar-refractivity contribution in [1.29, 1.82) is 0 Å². The Labute approximate surface area is 142 Å². The summed E-state index contributed by atoms with van der Waals surface area (Å²) in [6.07, 6.45) is -3.37. The maximum atomic E-state index is 12.9. The minimum absolute atomic E-state index is 0.384. The quantitative estimate of drug-likeness (QED) is 0.495. The van der Waals surface area contributed by atoms with E-state index in [0.29, 0.717) is 16.6 Å². The molecule has 0 atom stereocenters. The molecule has 0 radical (unpaired) electrons. The van der Waals surface area contributed by atoms with Crippen LogP contribution in [-0.4, -0.2) is 19.6 Å². The average molecular weight is 366 g/mol. The first-order valence-electron chi connectivity index (χ1n) is 6.90. The van der Waals surface area contributed by atoms with Gasteiger partial charge in [-0.15, -0.1) is 21.5 Å². The Morgan fingerprint density at radius 1 is 1.08 bits per heavy atom. The third kappa shape index (κ3) is 2.84. The van der Waals surface area contributed by atoms with Gasteiger partial charge in [0.05, 0.1) is 21.5 Å². The van der Waals surface area contributed by atoms with Gasteiger partial charge in [0.1, 0.15) is 5.01 Å². The number of pyridine rings is 1. The predicted molar refractivity (Wildman–Crippen MR) is 87.2 cm³/mol. The molecule has 9 heteroatoms. The topological polar surface area (TPSA) is 43.1 Å². The van der Waals surface area contributed by atoms with Crippen molar-refractivity contribution in [2.75, 3.05) is 0 Å². The van der Waals surface area contributed by atoms with Gasteiger partial charge in [0.15, 0.2) is 10.8 Å². The molecular weight excluding hydrogens is 357 g/mol. The van der Waals surface area contributed by atoms with Gasteiger partial charge in [-0.1, -0.05) is 23.9 Å². The zero-order chi connectivity index (χ0) is 16.7. The second kappa shape index (κ2) is 5.75. The third-order valence-corrected chi connectivity index (χ3v) is 5.53. The van der Waals surface area contributed by atoms with E-state index in [0.717, 1.165) is 27.5 Å². The molecule has 0 aliphatic heterocycles.